The molecule has 0 saturated carbocycles. The van der Waals surface area contributed by atoms with E-state index in [1.165, 1.54) is 0 Å². The second kappa shape index (κ2) is 8.52. The second-order valence-corrected chi connectivity index (χ2v) is 6.66. The van der Waals surface area contributed by atoms with Crippen molar-refractivity contribution in [2.75, 3.05) is 32.6 Å². The number of anilines is 1. The molecular formula is C21H26N2O3. The van der Waals surface area contributed by atoms with Crippen LogP contribution in [-0.2, 0) is 0 Å². The number of nitrogens with zero attached hydrogens (tertiary/aromatic N) is 1. The molecule has 0 unspecified atom stereocenters. The Labute approximate surface area is 155 Å². The number of rotatable bonds is 7. The minimum atomic E-state index is -0.264. The average Bonchev–Trinajstić information content (AvgIpc) is 2.65. The summed E-state index contributed by atoms with van der Waals surface area (Å²) < 4.78 is 5.34. The summed E-state index contributed by atoms with van der Waals surface area (Å²) in [5.74, 6) is 0.605. The van der Waals surface area contributed by atoms with Crippen molar-refractivity contribution in [3.05, 3.63) is 59.2 Å². The highest BCUT2D eigenvalue weighted by Crippen LogP contribution is 2.27. The molecule has 0 spiro atoms. The van der Waals surface area contributed by atoms with Gasteiger partial charge in [0.05, 0.1) is 13.7 Å². The maximum Gasteiger partial charge on any atom is 0.251 e. The normalized spacial score (nSPS) is 10.5. The summed E-state index contributed by atoms with van der Waals surface area (Å²) in [6.45, 7) is 4.05. The van der Waals surface area contributed by atoms with Gasteiger partial charge in [-0.05, 0) is 47.9 Å². The molecule has 0 aliphatic heterocycles. The van der Waals surface area contributed by atoms with E-state index in [9.17, 15) is 9.59 Å². The second-order valence-electron chi connectivity index (χ2n) is 6.66. The first kappa shape index (κ1) is 19.5. The number of Topliss-reactive ketones (excluding diaryl/α,β-unsaturated/α-hetero) is 1. The average molecular weight is 354 g/mol. The summed E-state index contributed by atoms with van der Waals surface area (Å²) in [5.41, 5.74) is 3.00. The Balaban J connectivity index is 2.07. The van der Waals surface area contributed by atoms with Crippen LogP contribution < -0.4 is 15.0 Å². The highest BCUT2D eigenvalue weighted by molar-refractivity contribution is 6.02. The number of hydrogen-bond acceptors (Lipinski definition) is 4. The smallest absolute Gasteiger partial charge is 0.251 e. The van der Waals surface area contributed by atoms with Gasteiger partial charge in [0.15, 0.2) is 5.78 Å². The van der Waals surface area contributed by atoms with Crippen LogP contribution in [0, 0.1) is 0 Å². The Kier molecular flexibility index (Phi) is 6.39. The third kappa shape index (κ3) is 4.63. The number of nitrogens with one attached hydrogen (secondary N) is 1. The van der Waals surface area contributed by atoms with Crippen LogP contribution in [0.3, 0.4) is 0 Å². The fourth-order valence-electron chi connectivity index (χ4n) is 2.65. The number of ketones is 1. The van der Waals surface area contributed by atoms with Crippen LogP contribution >= 0.6 is 0 Å². The van der Waals surface area contributed by atoms with Gasteiger partial charge in [0, 0.05) is 30.9 Å². The highest BCUT2D eigenvalue weighted by atomic mass is 16.5. The lowest BCUT2D eigenvalue weighted by Crippen LogP contribution is -2.29. The summed E-state index contributed by atoms with van der Waals surface area (Å²) in [4.78, 5) is 26.7. The molecule has 0 atom stereocenters. The van der Waals surface area contributed by atoms with Crippen molar-refractivity contribution in [2.45, 2.75) is 19.8 Å². The minimum Gasteiger partial charge on any atom is -0.496 e. The predicted octanol–water partition coefficient (Wildman–Crippen LogP) is 3.50. The van der Waals surface area contributed by atoms with Gasteiger partial charge in [-0.1, -0.05) is 19.9 Å². The first-order chi connectivity index (χ1) is 12.3. The molecule has 5 nitrogen and oxygen atoms in total. The first-order valence-corrected chi connectivity index (χ1v) is 8.60. The van der Waals surface area contributed by atoms with Gasteiger partial charge in [-0.15, -0.1) is 0 Å². The molecule has 2 aromatic carbocycles. The number of hydrogen-bond donors (Lipinski definition) is 1. The van der Waals surface area contributed by atoms with Crippen molar-refractivity contribution in [3.8, 4) is 5.75 Å². The summed E-state index contributed by atoms with van der Waals surface area (Å²) in [5, 5.41) is 2.70. The monoisotopic (exact) mass is 354 g/mol. The predicted molar refractivity (Wildman–Crippen MR) is 105 cm³/mol. The van der Waals surface area contributed by atoms with Gasteiger partial charge in [-0.25, -0.2) is 0 Å². The molecular weight excluding hydrogens is 328 g/mol. The molecule has 1 amide bonds. The zero-order valence-electron chi connectivity index (χ0n) is 16.0. The molecule has 0 aliphatic rings. The molecule has 0 heterocycles. The standard InChI is InChI=1S/C21H26N2O3/c1-14(2)18-12-15(9-10-20(18)26-5)19(24)13-22-21(25)16-7-6-8-17(11-16)23(3)4/h6-12,14H,13H2,1-5H3,(H,22,25). The lowest BCUT2D eigenvalue weighted by Gasteiger charge is -2.14. The van der Waals surface area contributed by atoms with Crippen molar-refractivity contribution >= 4 is 17.4 Å². The molecule has 26 heavy (non-hydrogen) atoms. The zero-order valence-corrected chi connectivity index (χ0v) is 16.0. The van der Waals surface area contributed by atoms with E-state index in [0.29, 0.717) is 11.1 Å². The fourth-order valence-corrected chi connectivity index (χ4v) is 2.65. The van der Waals surface area contributed by atoms with Gasteiger partial charge in [0.25, 0.3) is 5.91 Å². The molecule has 5 heteroatoms. The maximum atomic E-state index is 12.5. The Morgan fingerprint density at radius 1 is 1.08 bits per heavy atom. The number of carbonyl (C=O) groups is 2. The summed E-state index contributed by atoms with van der Waals surface area (Å²) in [7, 11) is 5.44. The van der Waals surface area contributed by atoms with E-state index in [4.69, 9.17) is 4.74 Å². The SMILES string of the molecule is COc1ccc(C(=O)CNC(=O)c2cccc(N(C)C)c2)cc1C(C)C. The van der Waals surface area contributed by atoms with Gasteiger partial charge in [-0.3, -0.25) is 9.59 Å². The van der Waals surface area contributed by atoms with Crippen molar-refractivity contribution < 1.29 is 14.3 Å². The Hall–Kier alpha value is -2.82. The van der Waals surface area contributed by atoms with Gasteiger partial charge >= 0.3 is 0 Å². The van der Waals surface area contributed by atoms with E-state index in [1.54, 1.807) is 31.4 Å². The van der Waals surface area contributed by atoms with Crippen molar-refractivity contribution in [1.29, 1.82) is 0 Å². The zero-order chi connectivity index (χ0) is 19.3. The van der Waals surface area contributed by atoms with Gasteiger partial charge in [0.1, 0.15) is 5.75 Å². The topological polar surface area (TPSA) is 58.6 Å². The number of carbonyl (C=O) groups excluding carboxylic acids is 2. The van der Waals surface area contributed by atoms with Crippen LogP contribution in [0.1, 0.15) is 46.0 Å². The summed E-state index contributed by atoms with van der Waals surface area (Å²) in [6.07, 6.45) is 0. The maximum absolute atomic E-state index is 12.5. The number of ether oxygens (including phenoxy) is 1. The van der Waals surface area contributed by atoms with Crippen LogP contribution in [0.25, 0.3) is 0 Å². The molecule has 138 valence electrons. The van der Waals surface area contributed by atoms with E-state index in [2.05, 4.69) is 5.32 Å². The van der Waals surface area contributed by atoms with Gasteiger partial charge in [0.2, 0.25) is 0 Å². The third-order valence-electron chi connectivity index (χ3n) is 4.21. The van der Waals surface area contributed by atoms with Crippen LogP contribution in [0.15, 0.2) is 42.5 Å². The molecule has 0 radical (unpaired) electrons. The quantitative estimate of drug-likeness (QED) is 0.773. The molecule has 0 saturated heterocycles. The fraction of sp³-hybridized carbons (Fsp3) is 0.333. The molecule has 0 bridgehead atoms. The molecule has 1 N–H and O–H groups in total. The van der Waals surface area contributed by atoms with Crippen LogP contribution in [-0.4, -0.2) is 39.4 Å². The minimum absolute atomic E-state index is 0.0467. The largest absolute Gasteiger partial charge is 0.496 e. The Bertz CT molecular complexity index is 798. The summed E-state index contributed by atoms with van der Waals surface area (Å²) in [6, 6.07) is 12.6. The molecule has 2 aromatic rings. The van der Waals surface area contributed by atoms with E-state index in [1.807, 2.05) is 51.0 Å². The van der Waals surface area contributed by atoms with Crippen LogP contribution in [0.2, 0.25) is 0 Å². The molecule has 0 aliphatic carbocycles. The van der Waals surface area contributed by atoms with Gasteiger partial charge in [-0.2, -0.15) is 0 Å². The molecule has 0 aromatic heterocycles. The molecule has 2 rings (SSSR count). The van der Waals surface area contributed by atoms with Crippen LogP contribution in [0.4, 0.5) is 5.69 Å². The van der Waals surface area contributed by atoms with E-state index in [-0.39, 0.29) is 24.2 Å². The first-order valence-electron chi connectivity index (χ1n) is 8.60. The number of amides is 1. The van der Waals surface area contributed by atoms with Gasteiger partial charge < -0.3 is 15.0 Å². The van der Waals surface area contributed by atoms with Crippen LogP contribution in [0.5, 0.6) is 5.75 Å². The lowest BCUT2D eigenvalue weighted by atomic mass is 9.98. The number of benzene rings is 2. The number of methoxy groups -OCH3 is 1. The third-order valence-corrected chi connectivity index (χ3v) is 4.21. The summed E-state index contributed by atoms with van der Waals surface area (Å²) >= 11 is 0. The lowest BCUT2D eigenvalue weighted by molar-refractivity contribution is 0.0904. The van der Waals surface area contributed by atoms with Crippen molar-refractivity contribution in [1.82, 2.24) is 5.32 Å². The van der Waals surface area contributed by atoms with E-state index in [0.717, 1.165) is 17.0 Å². The van der Waals surface area contributed by atoms with E-state index >= 15 is 0 Å². The van der Waals surface area contributed by atoms with Crippen molar-refractivity contribution in [2.24, 2.45) is 0 Å². The molecule has 0 fully saturated rings. The van der Waals surface area contributed by atoms with Crippen molar-refractivity contribution in [3.63, 3.8) is 0 Å². The Morgan fingerprint density at radius 2 is 1.81 bits per heavy atom. The van der Waals surface area contributed by atoms with E-state index < -0.39 is 0 Å². The Morgan fingerprint density at radius 3 is 2.42 bits per heavy atom. The highest BCUT2D eigenvalue weighted by Gasteiger charge is 2.14.